The van der Waals surface area contributed by atoms with Crippen LogP contribution in [0.2, 0.25) is 0 Å². The second-order valence-electron chi connectivity index (χ2n) is 3.71. The van der Waals surface area contributed by atoms with E-state index >= 15 is 0 Å². The van der Waals surface area contributed by atoms with E-state index in [2.05, 4.69) is 5.32 Å². The van der Waals surface area contributed by atoms with Crippen molar-refractivity contribution < 1.29 is 13.6 Å². The van der Waals surface area contributed by atoms with E-state index in [0.717, 1.165) is 23.5 Å². The maximum absolute atomic E-state index is 13.0. The highest BCUT2D eigenvalue weighted by Crippen LogP contribution is 2.16. The number of nitrogens with one attached hydrogen (secondary N) is 1. The van der Waals surface area contributed by atoms with Gasteiger partial charge in [-0.05, 0) is 29.1 Å². The number of amides is 1. The van der Waals surface area contributed by atoms with Gasteiger partial charge in [0.2, 0.25) is 0 Å². The maximum Gasteiger partial charge on any atom is 0.262 e. The number of hydrogen-bond acceptors (Lipinski definition) is 3. The van der Waals surface area contributed by atoms with Crippen molar-refractivity contribution in [2.45, 2.75) is 6.54 Å². The van der Waals surface area contributed by atoms with Crippen LogP contribution in [0.15, 0.2) is 29.6 Å². The van der Waals surface area contributed by atoms with E-state index in [4.69, 9.17) is 5.26 Å². The van der Waals surface area contributed by atoms with Crippen molar-refractivity contribution in [1.82, 2.24) is 5.32 Å². The predicted octanol–water partition coefficient (Wildman–Crippen LogP) is 2.83. The number of rotatable bonds is 3. The van der Waals surface area contributed by atoms with Gasteiger partial charge in [-0.3, -0.25) is 4.79 Å². The van der Waals surface area contributed by atoms with Gasteiger partial charge in [-0.25, -0.2) is 8.78 Å². The van der Waals surface area contributed by atoms with E-state index in [1.54, 1.807) is 11.4 Å². The lowest BCUT2D eigenvalue weighted by Gasteiger charge is -2.04. The van der Waals surface area contributed by atoms with Crippen LogP contribution in [0, 0.1) is 23.0 Å². The van der Waals surface area contributed by atoms with E-state index < -0.39 is 17.5 Å². The molecule has 0 atom stereocenters. The van der Waals surface area contributed by atoms with E-state index in [1.807, 2.05) is 6.07 Å². The molecule has 0 bridgehead atoms. The molecule has 0 aliphatic heterocycles. The molecule has 0 aliphatic rings. The Balaban J connectivity index is 2.05. The maximum atomic E-state index is 13.0. The Morgan fingerprint density at radius 2 is 2.11 bits per heavy atom. The van der Waals surface area contributed by atoms with E-state index in [1.165, 1.54) is 6.07 Å². The molecule has 0 radical (unpaired) electrons. The van der Waals surface area contributed by atoms with Crippen LogP contribution in [0.4, 0.5) is 8.78 Å². The lowest BCUT2D eigenvalue weighted by molar-refractivity contribution is 0.0954. The smallest absolute Gasteiger partial charge is 0.262 e. The van der Waals surface area contributed by atoms with Crippen LogP contribution in [-0.2, 0) is 6.54 Å². The molecule has 3 nitrogen and oxygen atoms in total. The number of nitriles is 1. The standard InChI is InChI=1S/C13H8F2N2OS/c14-10-2-1-8(5-11(10)15)7-17-13(18)12-9(6-16)3-4-19-12/h1-5H,7H2,(H,17,18). The van der Waals surface area contributed by atoms with Crippen molar-refractivity contribution in [3.8, 4) is 6.07 Å². The second kappa shape index (κ2) is 5.59. The summed E-state index contributed by atoms with van der Waals surface area (Å²) in [7, 11) is 0. The quantitative estimate of drug-likeness (QED) is 0.938. The van der Waals surface area contributed by atoms with Crippen molar-refractivity contribution in [3.05, 3.63) is 57.3 Å². The Hall–Kier alpha value is -2.26. The second-order valence-corrected chi connectivity index (χ2v) is 4.62. The third-order valence-corrected chi connectivity index (χ3v) is 3.34. The molecule has 1 heterocycles. The van der Waals surface area contributed by atoms with Crippen LogP contribution in [-0.4, -0.2) is 5.91 Å². The zero-order chi connectivity index (χ0) is 13.8. The zero-order valence-corrected chi connectivity index (χ0v) is 10.4. The fourth-order valence-electron chi connectivity index (χ4n) is 1.49. The summed E-state index contributed by atoms with van der Waals surface area (Å²) in [6.07, 6.45) is 0. The molecule has 2 aromatic rings. The fraction of sp³-hybridized carbons (Fsp3) is 0.0769. The van der Waals surface area contributed by atoms with Crippen molar-refractivity contribution in [1.29, 1.82) is 5.26 Å². The Labute approximate surface area is 112 Å². The number of thiophene rings is 1. The lowest BCUT2D eigenvalue weighted by atomic mass is 10.2. The van der Waals surface area contributed by atoms with Crippen LogP contribution in [0.1, 0.15) is 20.8 Å². The van der Waals surface area contributed by atoms with Gasteiger partial charge in [0.1, 0.15) is 10.9 Å². The first-order chi connectivity index (χ1) is 9.11. The van der Waals surface area contributed by atoms with Gasteiger partial charge in [0.05, 0.1) is 5.56 Å². The minimum Gasteiger partial charge on any atom is -0.347 e. The molecule has 0 saturated heterocycles. The molecule has 1 amide bonds. The average Bonchev–Trinajstić information content (AvgIpc) is 2.88. The highest BCUT2D eigenvalue weighted by atomic mass is 32.1. The third-order valence-electron chi connectivity index (χ3n) is 2.43. The summed E-state index contributed by atoms with van der Waals surface area (Å²) < 4.78 is 25.7. The molecule has 0 saturated carbocycles. The van der Waals surface area contributed by atoms with Gasteiger partial charge in [-0.2, -0.15) is 5.26 Å². The Morgan fingerprint density at radius 3 is 2.79 bits per heavy atom. The number of nitrogens with zero attached hydrogens (tertiary/aromatic N) is 1. The van der Waals surface area contributed by atoms with E-state index in [-0.39, 0.29) is 6.54 Å². The lowest BCUT2D eigenvalue weighted by Crippen LogP contribution is -2.22. The molecular weight excluding hydrogens is 270 g/mol. The molecule has 1 aromatic heterocycles. The third kappa shape index (κ3) is 2.95. The Bertz CT molecular complexity index is 661. The first-order valence-corrected chi connectivity index (χ1v) is 6.19. The summed E-state index contributed by atoms with van der Waals surface area (Å²) in [6.45, 7) is 0.0683. The zero-order valence-electron chi connectivity index (χ0n) is 9.61. The van der Waals surface area contributed by atoms with Crippen LogP contribution < -0.4 is 5.32 Å². The summed E-state index contributed by atoms with van der Waals surface area (Å²) in [4.78, 5) is 12.1. The van der Waals surface area contributed by atoms with Gasteiger partial charge in [0.15, 0.2) is 11.6 Å². The minimum atomic E-state index is -0.958. The van der Waals surface area contributed by atoms with Gasteiger partial charge in [0, 0.05) is 6.54 Å². The molecule has 1 N–H and O–H groups in total. The molecule has 0 unspecified atom stereocenters. The summed E-state index contributed by atoms with van der Waals surface area (Å²) in [5, 5.41) is 13.0. The topological polar surface area (TPSA) is 52.9 Å². The summed E-state index contributed by atoms with van der Waals surface area (Å²) in [5.41, 5.74) is 0.745. The molecule has 0 aliphatic carbocycles. The number of carbonyl (C=O) groups excluding carboxylic acids is 1. The van der Waals surface area contributed by atoms with Crippen LogP contribution in [0.25, 0.3) is 0 Å². The number of halogens is 2. The molecule has 0 fully saturated rings. The van der Waals surface area contributed by atoms with Crippen LogP contribution >= 0.6 is 11.3 Å². The van der Waals surface area contributed by atoms with Crippen molar-refractivity contribution >= 4 is 17.2 Å². The molecule has 6 heteroatoms. The monoisotopic (exact) mass is 278 g/mol. The molecule has 1 aromatic carbocycles. The highest BCUT2D eigenvalue weighted by Gasteiger charge is 2.12. The highest BCUT2D eigenvalue weighted by molar-refractivity contribution is 7.12. The van der Waals surface area contributed by atoms with E-state index in [0.29, 0.717) is 16.0 Å². The number of carbonyl (C=O) groups is 1. The van der Waals surface area contributed by atoms with Crippen molar-refractivity contribution in [3.63, 3.8) is 0 Å². The molecule has 2 rings (SSSR count). The van der Waals surface area contributed by atoms with Gasteiger partial charge < -0.3 is 5.32 Å². The first kappa shape index (κ1) is 13.2. The van der Waals surface area contributed by atoms with E-state index in [9.17, 15) is 13.6 Å². The van der Waals surface area contributed by atoms with Crippen LogP contribution in [0.3, 0.4) is 0 Å². The largest absolute Gasteiger partial charge is 0.347 e. The molecule has 19 heavy (non-hydrogen) atoms. The number of benzene rings is 1. The summed E-state index contributed by atoms with van der Waals surface area (Å²) in [5.74, 6) is -2.29. The van der Waals surface area contributed by atoms with Crippen LogP contribution in [0.5, 0.6) is 0 Å². The fourth-order valence-corrected chi connectivity index (χ4v) is 2.25. The normalized spacial score (nSPS) is 9.95. The Morgan fingerprint density at radius 1 is 1.32 bits per heavy atom. The van der Waals surface area contributed by atoms with Gasteiger partial charge >= 0.3 is 0 Å². The molecular formula is C13H8F2N2OS. The molecule has 96 valence electrons. The van der Waals surface area contributed by atoms with Crippen molar-refractivity contribution in [2.24, 2.45) is 0 Å². The van der Waals surface area contributed by atoms with Gasteiger partial charge in [-0.15, -0.1) is 11.3 Å². The van der Waals surface area contributed by atoms with Gasteiger partial charge in [-0.1, -0.05) is 6.07 Å². The number of hydrogen-bond donors (Lipinski definition) is 1. The predicted molar refractivity (Wildman–Crippen MR) is 66.6 cm³/mol. The Kier molecular flexibility index (Phi) is 3.88. The van der Waals surface area contributed by atoms with Crippen molar-refractivity contribution in [2.75, 3.05) is 0 Å². The minimum absolute atomic E-state index is 0.0683. The van der Waals surface area contributed by atoms with Gasteiger partial charge in [0.25, 0.3) is 5.91 Å². The molecule has 0 spiro atoms. The average molecular weight is 278 g/mol. The first-order valence-electron chi connectivity index (χ1n) is 5.31. The summed E-state index contributed by atoms with van der Waals surface area (Å²) in [6, 6.07) is 6.88. The SMILES string of the molecule is N#Cc1ccsc1C(=O)NCc1ccc(F)c(F)c1. The summed E-state index contributed by atoms with van der Waals surface area (Å²) >= 11 is 1.15.